The van der Waals surface area contributed by atoms with Gasteiger partial charge in [0.25, 0.3) is 0 Å². The highest BCUT2D eigenvalue weighted by atomic mass is 16.5. The van der Waals surface area contributed by atoms with Crippen LogP contribution in [0.25, 0.3) is 0 Å². The highest BCUT2D eigenvalue weighted by Gasteiger charge is 1.96. The zero-order chi connectivity index (χ0) is 21.1. The predicted molar refractivity (Wildman–Crippen MR) is 130 cm³/mol. The topological polar surface area (TPSA) is 29.5 Å². The fourth-order valence-corrected chi connectivity index (χ4v) is 4.25. The maximum atomic E-state index is 8.75. The third-order valence-corrected chi connectivity index (χ3v) is 6.26. The molecule has 2 nitrogen and oxygen atoms in total. The van der Waals surface area contributed by atoms with E-state index in [9.17, 15) is 0 Å². The number of hydrogen-bond acceptors (Lipinski definition) is 2. The first-order chi connectivity index (χ1) is 14.4. The van der Waals surface area contributed by atoms with E-state index in [1.165, 1.54) is 148 Å². The van der Waals surface area contributed by atoms with Crippen molar-refractivity contribution >= 4 is 0 Å². The highest BCUT2D eigenvalue weighted by molar-refractivity contribution is 4.51. The molecule has 0 fully saturated rings. The Morgan fingerprint density at radius 3 is 0.759 bits per heavy atom. The average Bonchev–Trinajstić information content (AvgIpc) is 2.74. The van der Waals surface area contributed by atoms with Crippen LogP contribution in [0.2, 0.25) is 0 Å². The number of hydrogen-bond donors (Lipinski definition) is 1. The molecule has 0 saturated heterocycles. The van der Waals surface area contributed by atoms with Crippen LogP contribution in [0, 0.1) is 0 Å². The van der Waals surface area contributed by atoms with Gasteiger partial charge in [-0.15, -0.1) is 0 Å². The fraction of sp³-hybridized carbons (Fsp3) is 1.00. The van der Waals surface area contributed by atoms with Gasteiger partial charge >= 0.3 is 0 Å². The van der Waals surface area contributed by atoms with Gasteiger partial charge in [0, 0.05) is 20.3 Å². The second kappa shape index (κ2) is 27.9. The molecule has 2 heteroatoms. The first-order valence-corrected chi connectivity index (χ1v) is 13.5. The van der Waals surface area contributed by atoms with Gasteiger partial charge in [0.2, 0.25) is 0 Å². The molecule has 0 aromatic rings. The molecule has 0 bridgehead atoms. The Hall–Kier alpha value is -0.0800. The Morgan fingerprint density at radius 2 is 0.552 bits per heavy atom. The molecule has 0 aliphatic heterocycles. The number of rotatable bonds is 26. The molecule has 0 atom stereocenters. The smallest absolute Gasteiger partial charge is 0.0462 e. The first kappa shape index (κ1) is 28.9. The van der Waals surface area contributed by atoms with Crippen LogP contribution in [0.3, 0.4) is 0 Å². The second-order valence-corrected chi connectivity index (χ2v) is 9.20. The SMILES string of the molecule is COCCCCCCCCCCCCCCCCCCCCCCCCCCO. The largest absolute Gasteiger partial charge is 0.396 e. The monoisotopic (exact) mass is 412 g/mol. The van der Waals surface area contributed by atoms with Crippen molar-refractivity contribution in [1.29, 1.82) is 0 Å². The minimum Gasteiger partial charge on any atom is -0.396 e. The van der Waals surface area contributed by atoms with E-state index in [0.29, 0.717) is 6.61 Å². The Labute approximate surface area is 184 Å². The van der Waals surface area contributed by atoms with Crippen molar-refractivity contribution in [3.8, 4) is 0 Å². The van der Waals surface area contributed by atoms with E-state index < -0.39 is 0 Å². The van der Waals surface area contributed by atoms with E-state index in [-0.39, 0.29) is 0 Å². The summed E-state index contributed by atoms with van der Waals surface area (Å²) in [6, 6.07) is 0. The Bertz CT molecular complexity index is 241. The van der Waals surface area contributed by atoms with Crippen molar-refractivity contribution in [3.63, 3.8) is 0 Å². The maximum Gasteiger partial charge on any atom is 0.0462 e. The lowest BCUT2D eigenvalue weighted by Gasteiger charge is -2.04. The summed E-state index contributed by atoms with van der Waals surface area (Å²) in [5.74, 6) is 0. The molecule has 0 heterocycles. The standard InChI is InChI=1S/C27H56O2/c1-29-27-25-23-21-19-17-15-13-11-9-7-5-3-2-4-6-8-10-12-14-16-18-20-22-24-26-28/h28H,2-27H2,1H3. The molecular formula is C27H56O2. The summed E-state index contributed by atoms with van der Waals surface area (Å²) in [6.45, 7) is 1.31. The molecule has 0 aromatic heterocycles. The zero-order valence-corrected chi connectivity index (χ0v) is 20.2. The average molecular weight is 413 g/mol. The van der Waals surface area contributed by atoms with Gasteiger partial charge in [0.05, 0.1) is 0 Å². The van der Waals surface area contributed by atoms with Crippen molar-refractivity contribution in [2.45, 2.75) is 154 Å². The quantitative estimate of drug-likeness (QED) is 0.144. The van der Waals surface area contributed by atoms with Gasteiger partial charge in [-0.2, -0.15) is 0 Å². The third kappa shape index (κ3) is 27.9. The molecule has 0 radical (unpaired) electrons. The van der Waals surface area contributed by atoms with Crippen molar-refractivity contribution in [2.24, 2.45) is 0 Å². The van der Waals surface area contributed by atoms with E-state index in [0.717, 1.165) is 13.0 Å². The number of aliphatic hydroxyl groups excluding tert-OH is 1. The molecule has 1 N–H and O–H groups in total. The Balaban J connectivity index is 2.97. The van der Waals surface area contributed by atoms with Crippen LogP contribution in [0.5, 0.6) is 0 Å². The van der Waals surface area contributed by atoms with Crippen molar-refractivity contribution < 1.29 is 9.84 Å². The molecule has 29 heavy (non-hydrogen) atoms. The lowest BCUT2D eigenvalue weighted by Crippen LogP contribution is -1.88. The summed E-state index contributed by atoms with van der Waals surface area (Å²) < 4.78 is 5.09. The van der Waals surface area contributed by atoms with Gasteiger partial charge in [0.1, 0.15) is 0 Å². The molecule has 0 aliphatic carbocycles. The van der Waals surface area contributed by atoms with Gasteiger partial charge in [-0.3, -0.25) is 0 Å². The highest BCUT2D eigenvalue weighted by Crippen LogP contribution is 2.15. The molecule has 0 unspecified atom stereocenters. The minimum absolute atomic E-state index is 0.372. The van der Waals surface area contributed by atoms with Crippen LogP contribution in [-0.4, -0.2) is 25.4 Å². The van der Waals surface area contributed by atoms with Crippen LogP contribution in [-0.2, 0) is 4.74 Å². The molecule has 0 spiro atoms. The summed E-state index contributed by atoms with van der Waals surface area (Å²) in [7, 11) is 1.80. The minimum atomic E-state index is 0.372. The maximum absolute atomic E-state index is 8.75. The third-order valence-electron chi connectivity index (χ3n) is 6.26. The second-order valence-electron chi connectivity index (χ2n) is 9.20. The van der Waals surface area contributed by atoms with Gasteiger partial charge < -0.3 is 9.84 Å². The van der Waals surface area contributed by atoms with Gasteiger partial charge in [-0.25, -0.2) is 0 Å². The Kier molecular flexibility index (Phi) is 27.8. The summed E-state index contributed by atoms with van der Waals surface area (Å²) in [5.41, 5.74) is 0. The van der Waals surface area contributed by atoms with Crippen LogP contribution < -0.4 is 0 Å². The van der Waals surface area contributed by atoms with E-state index in [2.05, 4.69) is 0 Å². The molecular weight excluding hydrogens is 356 g/mol. The predicted octanol–water partition coefficient (Wildman–Crippen LogP) is 8.99. The summed E-state index contributed by atoms with van der Waals surface area (Å²) in [6.07, 6.45) is 33.6. The summed E-state index contributed by atoms with van der Waals surface area (Å²) in [4.78, 5) is 0. The zero-order valence-electron chi connectivity index (χ0n) is 20.2. The lowest BCUT2D eigenvalue weighted by atomic mass is 10.0. The molecule has 0 aliphatic rings. The van der Waals surface area contributed by atoms with Gasteiger partial charge in [0.15, 0.2) is 0 Å². The van der Waals surface area contributed by atoms with E-state index in [1.807, 2.05) is 0 Å². The number of unbranched alkanes of at least 4 members (excludes halogenated alkanes) is 23. The van der Waals surface area contributed by atoms with Crippen molar-refractivity contribution in [1.82, 2.24) is 0 Å². The van der Waals surface area contributed by atoms with Crippen LogP contribution >= 0.6 is 0 Å². The number of aliphatic hydroxyl groups is 1. The molecule has 0 amide bonds. The molecule has 0 aromatic carbocycles. The number of ether oxygens (including phenoxy) is 1. The molecule has 176 valence electrons. The molecule has 0 saturated carbocycles. The van der Waals surface area contributed by atoms with Crippen LogP contribution in [0.1, 0.15) is 154 Å². The van der Waals surface area contributed by atoms with Crippen molar-refractivity contribution in [3.05, 3.63) is 0 Å². The van der Waals surface area contributed by atoms with Crippen LogP contribution in [0.15, 0.2) is 0 Å². The van der Waals surface area contributed by atoms with E-state index in [4.69, 9.17) is 9.84 Å². The summed E-state index contributed by atoms with van der Waals surface area (Å²) >= 11 is 0. The lowest BCUT2D eigenvalue weighted by molar-refractivity contribution is 0.192. The normalized spacial score (nSPS) is 11.4. The van der Waals surface area contributed by atoms with E-state index in [1.54, 1.807) is 7.11 Å². The van der Waals surface area contributed by atoms with E-state index >= 15 is 0 Å². The van der Waals surface area contributed by atoms with Crippen LogP contribution in [0.4, 0.5) is 0 Å². The first-order valence-electron chi connectivity index (χ1n) is 13.5. The molecule has 0 rings (SSSR count). The fourth-order valence-electron chi connectivity index (χ4n) is 4.25. The van der Waals surface area contributed by atoms with Gasteiger partial charge in [-0.1, -0.05) is 141 Å². The van der Waals surface area contributed by atoms with Crippen molar-refractivity contribution in [2.75, 3.05) is 20.3 Å². The Morgan fingerprint density at radius 1 is 0.345 bits per heavy atom. The number of methoxy groups -OCH3 is 1. The summed E-state index contributed by atoms with van der Waals surface area (Å²) in [5, 5.41) is 8.75. The van der Waals surface area contributed by atoms with Gasteiger partial charge in [-0.05, 0) is 12.8 Å².